The van der Waals surface area contributed by atoms with E-state index in [-0.39, 0.29) is 42.4 Å². The first-order chi connectivity index (χ1) is 12.8. The monoisotopic (exact) mass is 524 g/mol. The van der Waals surface area contributed by atoms with Crippen LogP contribution in [0.15, 0.2) is 29.3 Å². The molecule has 0 bridgehead atoms. The average molecular weight is 524 g/mol. The van der Waals surface area contributed by atoms with Crippen LogP contribution in [-0.4, -0.2) is 75.3 Å². The molecule has 160 valence electrons. The highest BCUT2D eigenvalue weighted by atomic mass is 127. The van der Waals surface area contributed by atoms with Crippen LogP contribution < -0.4 is 5.32 Å². The first-order valence-electron chi connectivity index (χ1n) is 9.43. The van der Waals surface area contributed by atoms with Crippen LogP contribution in [0.4, 0.5) is 0 Å². The molecule has 0 unspecified atom stereocenters. The maximum Gasteiger partial charge on any atom is 0.216 e. The number of nitrogens with one attached hydrogen (secondary N) is 1. The molecule has 1 fully saturated rings. The zero-order valence-corrected chi connectivity index (χ0v) is 20.4. The van der Waals surface area contributed by atoms with Gasteiger partial charge in [-0.25, -0.2) is 8.42 Å². The van der Waals surface area contributed by atoms with Crippen LogP contribution in [0.2, 0.25) is 0 Å². The molecule has 0 atom stereocenters. The van der Waals surface area contributed by atoms with Gasteiger partial charge in [0.1, 0.15) is 0 Å². The molecule has 0 saturated carbocycles. The molecule has 28 heavy (non-hydrogen) atoms. The summed E-state index contributed by atoms with van der Waals surface area (Å²) in [6, 6.07) is 8.24. The Bertz CT molecular complexity index is 732. The van der Waals surface area contributed by atoms with E-state index in [9.17, 15) is 8.42 Å². The Morgan fingerprint density at radius 2 is 1.86 bits per heavy atom. The van der Waals surface area contributed by atoms with E-state index in [0.29, 0.717) is 32.7 Å². The molecular formula is C19H33IN4O3S. The smallest absolute Gasteiger partial charge is 0.216 e. The molecule has 1 saturated heterocycles. The van der Waals surface area contributed by atoms with Crippen molar-refractivity contribution in [1.82, 2.24) is 14.5 Å². The first kappa shape index (κ1) is 25.1. The molecule has 9 heteroatoms. The predicted molar refractivity (Wildman–Crippen MR) is 125 cm³/mol. The van der Waals surface area contributed by atoms with E-state index >= 15 is 0 Å². The van der Waals surface area contributed by atoms with E-state index in [1.54, 1.807) is 11.4 Å². The number of nitrogens with zero attached hydrogens (tertiary/aromatic N) is 3. The number of rotatable bonds is 7. The Morgan fingerprint density at radius 3 is 2.43 bits per heavy atom. The number of sulfonamides is 1. The molecule has 1 aliphatic rings. The van der Waals surface area contributed by atoms with Gasteiger partial charge in [-0.1, -0.05) is 24.3 Å². The maximum atomic E-state index is 12.4. The highest BCUT2D eigenvalue weighted by Crippen LogP contribution is 2.10. The number of aryl methyl sites for hydroxylation is 1. The van der Waals surface area contributed by atoms with Crippen LogP contribution in [0.3, 0.4) is 0 Å². The number of benzene rings is 1. The summed E-state index contributed by atoms with van der Waals surface area (Å²) in [6.07, 6.45) is 0.0414. The minimum Gasteiger partial charge on any atom is -0.378 e. The Morgan fingerprint density at radius 1 is 1.21 bits per heavy atom. The molecule has 0 aliphatic carbocycles. The summed E-state index contributed by atoms with van der Waals surface area (Å²) >= 11 is 0. The summed E-state index contributed by atoms with van der Waals surface area (Å²) in [4.78, 5) is 6.46. The van der Waals surface area contributed by atoms with Crippen molar-refractivity contribution in [2.75, 3.05) is 45.6 Å². The van der Waals surface area contributed by atoms with Crippen LogP contribution in [-0.2, 0) is 21.3 Å². The van der Waals surface area contributed by atoms with Gasteiger partial charge in [-0.05, 0) is 31.9 Å². The Hall–Kier alpha value is -0.910. The number of hydrogen-bond donors (Lipinski definition) is 1. The third-order valence-electron chi connectivity index (χ3n) is 4.63. The average Bonchev–Trinajstić information content (AvgIpc) is 2.63. The lowest BCUT2D eigenvalue weighted by atomic mass is 10.1. The summed E-state index contributed by atoms with van der Waals surface area (Å²) in [5.74, 6) is 0.837. The normalized spacial score (nSPS) is 16.2. The van der Waals surface area contributed by atoms with Crippen molar-refractivity contribution in [2.45, 2.75) is 33.4 Å². The lowest BCUT2D eigenvalue weighted by Crippen LogP contribution is -2.54. The van der Waals surface area contributed by atoms with Gasteiger partial charge in [0, 0.05) is 39.8 Å². The molecule has 1 aromatic rings. The molecule has 7 nitrogen and oxygen atoms in total. The summed E-state index contributed by atoms with van der Waals surface area (Å²) in [6.45, 7) is 9.01. The maximum absolute atomic E-state index is 12.4. The van der Waals surface area contributed by atoms with Gasteiger partial charge >= 0.3 is 0 Å². The van der Waals surface area contributed by atoms with Gasteiger partial charge in [0.05, 0.1) is 18.5 Å². The van der Waals surface area contributed by atoms with Crippen LogP contribution in [0.1, 0.15) is 25.0 Å². The van der Waals surface area contributed by atoms with Crippen molar-refractivity contribution in [3.05, 3.63) is 35.4 Å². The zero-order valence-electron chi connectivity index (χ0n) is 17.2. The molecule has 0 aromatic heterocycles. The summed E-state index contributed by atoms with van der Waals surface area (Å²) in [7, 11) is -1.52. The second kappa shape index (κ2) is 11.9. The Kier molecular flexibility index (Phi) is 10.7. The largest absolute Gasteiger partial charge is 0.378 e. The van der Waals surface area contributed by atoms with Crippen molar-refractivity contribution >= 4 is 40.0 Å². The van der Waals surface area contributed by atoms with E-state index in [2.05, 4.69) is 34.3 Å². The van der Waals surface area contributed by atoms with Crippen molar-refractivity contribution in [3.63, 3.8) is 0 Å². The molecule has 2 rings (SSSR count). The van der Waals surface area contributed by atoms with Crippen molar-refractivity contribution in [2.24, 2.45) is 4.99 Å². The second-order valence-electron chi connectivity index (χ2n) is 6.95. The molecule has 0 radical (unpaired) electrons. The second-order valence-corrected chi connectivity index (χ2v) is 9.04. The van der Waals surface area contributed by atoms with Crippen LogP contribution in [0, 0.1) is 6.92 Å². The predicted octanol–water partition coefficient (Wildman–Crippen LogP) is 2.06. The van der Waals surface area contributed by atoms with Gasteiger partial charge in [0.2, 0.25) is 10.0 Å². The van der Waals surface area contributed by atoms with Crippen LogP contribution in [0.25, 0.3) is 0 Å². The molecule has 1 heterocycles. The lowest BCUT2D eigenvalue weighted by molar-refractivity contribution is 0.0904. The fourth-order valence-corrected chi connectivity index (χ4v) is 4.30. The standard InChI is InChI=1S/C19H32N4O3S.HI/c1-16(2)26-13-14-27(24,25)23-11-9-22(10-12-23)19(20-4)21-15-18-8-6-5-7-17(18)3;/h5-8,16H,9-15H2,1-4H3,(H,20,21);1H. The minimum atomic E-state index is -3.27. The zero-order chi connectivity index (χ0) is 19.9. The number of ether oxygens (including phenoxy) is 1. The number of piperazine rings is 1. The fraction of sp³-hybridized carbons (Fsp3) is 0.632. The quantitative estimate of drug-likeness (QED) is 0.336. The summed E-state index contributed by atoms with van der Waals surface area (Å²) in [5, 5.41) is 3.38. The number of halogens is 1. The molecular weight excluding hydrogens is 491 g/mol. The van der Waals surface area contributed by atoms with Crippen LogP contribution in [0.5, 0.6) is 0 Å². The molecule has 1 aromatic carbocycles. The van der Waals surface area contributed by atoms with E-state index in [4.69, 9.17) is 4.74 Å². The van der Waals surface area contributed by atoms with Gasteiger partial charge in [-0.3, -0.25) is 4.99 Å². The van der Waals surface area contributed by atoms with Crippen molar-refractivity contribution in [3.8, 4) is 0 Å². The van der Waals surface area contributed by atoms with Gasteiger partial charge < -0.3 is 15.0 Å². The highest BCUT2D eigenvalue weighted by molar-refractivity contribution is 14.0. The SMILES string of the molecule is CN=C(NCc1ccccc1C)N1CCN(S(=O)(=O)CCOC(C)C)CC1.I. The van der Waals surface area contributed by atoms with E-state index in [1.807, 2.05) is 26.0 Å². The lowest BCUT2D eigenvalue weighted by Gasteiger charge is -2.36. The number of aliphatic imine (C=N–C) groups is 1. The van der Waals surface area contributed by atoms with Gasteiger partial charge in [0.15, 0.2) is 5.96 Å². The molecule has 0 spiro atoms. The number of guanidine groups is 1. The Balaban J connectivity index is 0.00000392. The van der Waals surface area contributed by atoms with E-state index < -0.39 is 10.0 Å². The minimum absolute atomic E-state index is 0. The number of hydrogen-bond acceptors (Lipinski definition) is 4. The molecule has 1 N–H and O–H groups in total. The third kappa shape index (κ3) is 7.49. The first-order valence-corrected chi connectivity index (χ1v) is 11.0. The van der Waals surface area contributed by atoms with E-state index in [1.165, 1.54) is 11.1 Å². The Labute approximate surface area is 186 Å². The van der Waals surface area contributed by atoms with Gasteiger partial charge in [-0.2, -0.15) is 4.31 Å². The summed E-state index contributed by atoms with van der Waals surface area (Å²) < 4.78 is 31.8. The highest BCUT2D eigenvalue weighted by Gasteiger charge is 2.28. The topological polar surface area (TPSA) is 74.2 Å². The third-order valence-corrected chi connectivity index (χ3v) is 6.47. The fourth-order valence-electron chi connectivity index (χ4n) is 3.01. The van der Waals surface area contributed by atoms with Crippen molar-refractivity contribution < 1.29 is 13.2 Å². The van der Waals surface area contributed by atoms with Crippen LogP contribution >= 0.6 is 24.0 Å². The van der Waals surface area contributed by atoms with Gasteiger partial charge in [-0.15, -0.1) is 24.0 Å². The van der Waals surface area contributed by atoms with Crippen molar-refractivity contribution in [1.29, 1.82) is 0 Å². The van der Waals surface area contributed by atoms with Gasteiger partial charge in [0.25, 0.3) is 0 Å². The summed E-state index contributed by atoms with van der Waals surface area (Å²) in [5.41, 5.74) is 2.46. The molecule has 1 aliphatic heterocycles. The van der Waals surface area contributed by atoms with E-state index in [0.717, 1.165) is 5.96 Å². The molecule has 0 amide bonds.